The van der Waals surface area contributed by atoms with Crippen LogP contribution in [0.1, 0.15) is 33.6 Å². The van der Waals surface area contributed by atoms with Gasteiger partial charge in [-0.15, -0.1) is 0 Å². The number of guanidine groups is 1. The van der Waals surface area contributed by atoms with Crippen LogP contribution in [0, 0.1) is 5.41 Å². The molecule has 0 radical (unpaired) electrons. The quantitative estimate of drug-likeness (QED) is 0.513. The summed E-state index contributed by atoms with van der Waals surface area (Å²) in [4.78, 5) is 18.8. The van der Waals surface area contributed by atoms with Crippen LogP contribution in [0.15, 0.2) is 29.3 Å². The van der Waals surface area contributed by atoms with Crippen molar-refractivity contribution in [1.82, 2.24) is 16.0 Å². The Kier molecular flexibility index (Phi) is 7.78. The maximum absolute atomic E-state index is 12.2. The molecular weight excluding hydrogens is 362 g/mol. The van der Waals surface area contributed by atoms with Crippen LogP contribution in [-0.4, -0.2) is 51.1 Å². The van der Waals surface area contributed by atoms with Crippen LogP contribution < -0.4 is 20.9 Å². The second-order valence-corrected chi connectivity index (χ2v) is 7.96. The number of hydrogen-bond donors (Lipinski definition) is 3. The van der Waals surface area contributed by atoms with Gasteiger partial charge in [-0.25, -0.2) is 0 Å². The number of anilines is 1. The second-order valence-electron chi connectivity index (χ2n) is 7.55. The first-order chi connectivity index (χ1) is 12.9. The zero-order valence-electron chi connectivity index (χ0n) is 16.8. The fraction of sp³-hybridized carbons (Fsp3) is 0.600. The van der Waals surface area contributed by atoms with E-state index in [0.717, 1.165) is 42.6 Å². The molecule has 1 aromatic rings. The van der Waals surface area contributed by atoms with Crippen LogP contribution >= 0.6 is 11.6 Å². The molecule has 27 heavy (non-hydrogen) atoms. The summed E-state index contributed by atoms with van der Waals surface area (Å²) < 4.78 is 0. The van der Waals surface area contributed by atoms with E-state index in [1.165, 1.54) is 0 Å². The van der Waals surface area contributed by atoms with Gasteiger partial charge in [0.05, 0.1) is 16.1 Å². The molecule has 0 aromatic heterocycles. The Morgan fingerprint density at radius 1 is 1.33 bits per heavy atom. The number of rotatable bonds is 6. The lowest BCUT2D eigenvalue weighted by Gasteiger charge is -2.36. The van der Waals surface area contributed by atoms with E-state index in [0.29, 0.717) is 13.1 Å². The number of carbonyl (C=O) groups is 1. The van der Waals surface area contributed by atoms with Gasteiger partial charge in [0.2, 0.25) is 5.91 Å². The lowest BCUT2D eigenvalue weighted by atomic mass is 9.92. The Morgan fingerprint density at radius 3 is 2.74 bits per heavy atom. The molecule has 6 nitrogen and oxygen atoms in total. The van der Waals surface area contributed by atoms with Crippen molar-refractivity contribution < 1.29 is 4.79 Å². The van der Waals surface area contributed by atoms with Gasteiger partial charge in [0.1, 0.15) is 0 Å². The van der Waals surface area contributed by atoms with E-state index in [1.54, 1.807) is 7.05 Å². The molecule has 1 atom stereocenters. The molecule has 1 aromatic carbocycles. The third-order valence-corrected chi connectivity index (χ3v) is 5.15. The Hall–Kier alpha value is -1.95. The zero-order valence-corrected chi connectivity index (χ0v) is 17.6. The second kappa shape index (κ2) is 9.83. The minimum absolute atomic E-state index is 0.0375. The van der Waals surface area contributed by atoms with Gasteiger partial charge in [0.25, 0.3) is 0 Å². The van der Waals surface area contributed by atoms with E-state index in [4.69, 9.17) is 11.6 Å². The van der Waals surface area contributed by atoms with E-state index in [2.05, 4.69) is 31.9 Å². The predicted octanol–water partition coefficient (Wildman–Crippen LogP) is 2.64. The van der Waals surface area contributed by atoms with Crippen LogP contribution in [0.2, 0.25) is 5.02 Å². The summed E-state index contributed by atoms with van der Waals surface area (Å²) in [6, 6.07) is 8.23. The Labute approximate surface area is 167 Å². The number of piperidine rings is 1. The van der Waals surface area contributed by atoms with Gasteiger partial charge in [-0.1, -0.05) is 23.7 Å². The van der Waals surface area contributed by atoms with E-state index >= 15 is 0 Å². The molecule has 1 aliphatic heterocycles. The first kappa shape index (κ1) is 21.4. The molecule has 0 aliphatic carbocycles. The summed E-state index contributed by atoms with van der Waals surface area (Å²) >= 11 is 6.36. The van der Waals surface area contributed by atoms with Crippen LogP contribution in [0.3, 0.4) is 0 Å². The normalized spacial score (nSPS) is 18.2. The minimum Gasteiger partial charge on any atom is -0.368 e. The number of amides is 1. The highest BCUT2D eigenvalue weighted by molar-refractivity contribution is 6.33. The zero-order chi connectivity index (χ0) is 19.9. The molecule has 1 unspecified atom stereocenters. The van der Waals surface area contributed by atoms with E-state index in [1.807, 2.05) is 39.0 Å². The number of hydrogen-bond acceptors (Lipinski definition) is 3. The average molecular weight is 394 g/mol. The number of nitrogens with one attached hydrogen (secondary N) is 3. The maximum atomic E-state index is 12.2. The van der Waals surface area contributed by atoms with Crippen molar-refractivity contribution in [1.29, 1.82) is 0 Å². The van der Waals surface area contributed by atoms with Crippen LogP contribution in [0.5, 0.6) is 0 Å². The van der Waals surface area contributed by atoms with Gasteiger partial charge in [0, 0.05) is 39.3 Å². The third kappa shape index (κ3) is 6.03. The van der Waals surface area contributed by atoms with Gasteiger partial charge < -0.3 is 20.9 Å². The summed E-state index contributed by atoms with van der Waals surface area (Å²) in [6.45, 7) is 8.79. The Balaban J connectivity index is 1.92. The summed E-state index contributed by atoms with van der Waals surface area (Å²) in [5, 5.41) is 10.4. The highest BCUT2D eigenvalue weighted by Crippen LogP contribution is 2.27. The van der Waals surface area contributed by atoms with Crippen LogP contribution in [0.4, 0.5) is 5.69 Å². The van der Waals surface area contributed by atoms with Crippen molar-refractivity contribution in [2.75, 3.05) is 38.1 Å². The molecule has 1 aliphatic rings. The Bertz CT molecular complexity index is 662. The molecule has 1 saturated heterocycles. The topological polar surface area (TPSA) is 68.8 Å². The number of benzene rings is 1. The molecule has 7 heteroatoms. The molecule has 3 N–H and O–H groups in total. The van der Waals surface area contributed by atoms with Crippen molar-refractivity contribution in [2.45, 2.75) is 39.7 Å². The number of carbonyl (C=O) groups excluding carboxylic acids is 1. The molecule has 1 amide bonds. The van der Waals surface area contributed by atoms with Crippen molar-refractivity contribution in [2.24, 2.45) is 10.4 Å². The molecule has 2 rings (SSSR count). The van der Waals surface area contributed by atoms with Gasteiger partial charge in [-0.3, -0.25) is 9.79 Å². The summed E-state index contributed by atoms with van der Waals surface area (Å²) in [7, 11) is 1.75. The third-order valence-electron chi connectivity index (χ3n) is 4.83. The van der Waals surface area contributed by atoms with Gasteiger partial charge in [-0.2, -0.15) is 0 Å². The number of aliphatic imine (C=N–C) groups is 1. The smallest absolute Gasteiger partial charge is 0.227 e. The number of nitrogens with zero attached hydrogens (tertiary/aromatic N) is 2. The Morgan fingerprint density at radius 2 is 2.07 bits per heavy atom. The fourth-order valence-corrected chi connectivity index (χ4v) is 3.45. The van der Waals surface area contributed by atoms with E-state index in [9.17, 15) is 4.79 Å². The molecule has 1 fully saturated rings. The fourth-order valence-electron chi connectivity index (χ4n) is 3.19. The van der Waals surface area contributed by atoms with Crippen LogP contribution in [0.25, 0.3) is 0 Å². The molecule has 0 bridgehead atoms. The highest BCUT2D eigenvalue weighted by Gasteiger charge is 2.28. The predicted molar refractivity (Wildman–Crippen MR) is 114 cm³/mol. The average Bonchev–Trinajstić information content (AvgIpc) is 2.66. The monoisotopic (exact) mass is 393 g/mol. The van der Waals surface area contributed by atoms with E-state index < -0.39 is 5.41 Å². The lowest BCUT2D eigenvalue weighted by molar-refractivity contribution is -0.128. The number of halogens is 1. The van der Waals surface area contributed by atoms with Crippen molar-refractivity contribution in [3.63, 3.8) is 0 Å². The largest absolute Gasteiger partial charge is 0.368 e. The molecule has 0 spiro atoms. The first-order valence-electron chi connectivity index (χ1n) is 9.62. The van der Waals surface area contributed by atoms with Gasteiger partial charge in [0.15, 0.2) is 5.96 Å². The molecule has 150 valence electrons. The maximum Gasteiger partial charge on any atom is 0.227 e. The lowest BCUT2D eigenvalue weighted by Crippen LogP contribution is -2.53. The highest BCUT2D eigenvalue weighted by atomic mass is 35.5. The number of para-hydroxylation sites is 1. The van der Waals surface area contributed by atoms with Crippen LogP contribution in [-0.2, 0) is 4.79 Å². The summed E-state index contributed by atoms with van der Waals surface area (Å²) in [5.74, 6) is 0.758. The first-order valence-corrected chi connectivity index (χ1v) is 10.00. The van der Waals surface area contributed by atoms with E-state index in [-0.39, 0.29) is 11.9 Å². The SMILES string of the molecule is CCNC(=O)C(C)(C)CNC(=NC)NC1CCCN(c2ccccc2Cl)C1. The standard InChI is InChI=1S/C20H32ClN5O/c1-5-23-18(27)20(2,3)14-24-19(22-4)25-15-9-8-12-26(13-15)17-11-7-6-10-16(17)21/h6-7,10-11,15H,5,8-9,12-14H2,1-4H3,(H,23,27)(H2,22,24,25). The minimum atomic E-state index is -0.510. The van der Waals surface area contributed by atoms with Crippen molar-refractivity contribution >= 4 is 29.2 Å². The molecule has 0 saturated carbocycles. The summed E-state index contributed by atoms with van der Waals surface area (Å²) in [6.07, 6.45) is 2.16. The molecule has 1 heterocycles. The van der Waals surface area contributed by atoms with Gasteiger partial charge in [-0.05, 0) is 45.7 Å². The summed E-state index contributed by atoms with van der Waals surface area (Å²) in [5.41, 5.74) is 0.565. The van der Waals surface area contributed by atoms with Crippen molar-refractivity contribution in [3.05, 3.63) is 29.3 Å². The van der Waals surface area contributed by atoms with Crippen molar-refractivity contribution in [3.8, 4) is 0 Å². The van der Waals surface area contributed by atoms with Gasteiger partial charge >= 0.3 is 0 Å². The molecular formula is C20H32ClN5O.